The standard InChI is InChI=1S/C12H12N6O4/c1-7(19)18(13)11-15-6-17(12(21)16-11)9-8(10(20)22-2)4-3-5-14-9/h3-6H,13H2,1-2H3. The van der Waals surface area contributed by atoms with Crippen LogP contribution in [-0.4, -0.2) is 38.5 Å². The monoisotopic (exact) mass is 304 g/mol. The number of amides is 1. The Labute approximate surface area is 124 Å². The van der Waals surface area contributed by atoms with Gasteiger partial charge in [0.25, 0.3) is 5.95 Å². The highest BCUT2D eigenvalue weighted by atomic mass is 16.5. The number of ether oxygens (including phenoxy) is 1. The quantitative estimate of drug-likeness (QED) is 0.331. The van der Waals surface area contributed by atoms with Crippen molar-refractivity contribution in [3.63, 3.8) is 0 Å². The Kier molecular flexibility index (Phi) is 4.23. The Balaban J connectivity index is 2.54. The lowest BCUT2D eigenvalue weighted by Gasteiger charge is -2.12. The van der Waals surface area contributed by atoms with Crippen molar-refractivity contribution in [1.82, 2.24) is 19.5 Å². The molecule has 0 aliphatic rings. The summed E-state index contributed by atoms with van der Waals surface area (Å²) in [6.45, 7) is 1.20. The molecule has 0 spiro atoms. The molecule has 2 N–H and O–H groups in total. The average Bonchev–Trinajstić information content (AvgIpc) is 2.53. The fraction of sp³-hybridized carbons (Fsp3) is 0.167. The molecule has 0 aliphatic heterocycles. The molecular formula is C12H12N6O4. The zero-order valence-corrected chi connectivity index (χ0v) is 11.8. The maximum Gasteiger partial charge on any atom is 0.357 e. The Morgan fingerprint density at radius 1 is 1.36 bits per heavy atom. The number of carbonyl (C=O) groups is 2. The van der Waals surface area contributed by atoms with Gasteiger partial charge >= 0.3 is 11.7 Å². The molecule has 114 valence electrons. The van der Waals surface area contributed by atoms with E-state index in [1.807, 2.05) is 0 Å². The van der Waals surface area contributed by atoms with Gasteiger partial charge in [0.15, 0.2) is 5.82 Å². The van der Waals surface area contributed by atoms with E-state index in [0.717, 1.165) is 10.9 Å². The second-order valence-corrected chi connectivity index (χ2v) is 4.06. The molecule has 10 heteroatoms. The maximum absolute atomic E-state index is 12.1. The fourth-order valence-electron chi connectivity index (χ4n) is 1.59. The predicted molar refractivity (Wildman–Crippen MR) is 74.1 cm³/mol. The van der Waals surface area contributed by atoms with E-state index in [-0.39, 0.29) is 17.3 Å². The lowest BCUT2D eigenvalue weighted by Crippen LogP contribution is -2.39. The average molecular weight is 304 g/mol. The maximum atomic E-state index is 12.1. The minimum Gasteiger partial charge on any atom is -0.465 e. The number of hydrogen-bond donors (Lipinski definition) is 1. The van der Waals surface area contributed by atoms with Crippen molar-refractivity contribution in [2.24, 2.45) is 5.84 Å². The normalized spacial score (nSPS) is 10.1. The van der Waals surface area contributed by atoms with Crippen LogP contribution in [0.15, 0.2) is 29.5 Å². The first-order chi connectivity index (χ1) is 10.5. The van der Waals surface area contributed by atoms with E-state index in [1.165, 1.54) is 32.4 Å². The number of aromatic nitrogens is 4. The van der Waals surface area contributed by atoms with Gasteiger partial charge in [-0.15, -0.1) is 0 Å². The van der Waals surface area contributed by atoms with Gasteiger partial charge in [0.05, 0.1) is 7.11 Å². The van der Waals surface area contributed by atoms with Gasteiger partial charge in [-0.3, -0.25) is 4.79 Å². The van der Waals surface area contributed by atoms with Crippen molar-refractivity contribution in [3.05, 3.63) is 40.7 Å². The number of nitrogens with zero attached hydrogens (tertiary/aromatic N) is 5. The summed E-state index contributed by atoms with van der Waals surface area (Å²) in [5.74, 6) is 3.97. The van der Waals surface area contributed by atoms with Gasteiger partial charge < -0.3 is 4.74 Å². The zero-order chi connectivity index (χ0) is 16.3. The van der Waals surface area contributed by atoms with Gasteiger partial charge in [0.2, 0.25) is 5.91 Å². The van der Waals surface area contributed by atoms with Crippen LogP contribution in [0, 0.1) is 0 Å². The highest BCUT2D eigenvalue weighted by Crippen LogP contribution is 2.10. The van der Waals surface area contributed by atoms with Crippen LogP contribution in [0.5, 0.6) is 0 Å². The van der Waals surface area contributed by atoms with Crippen LogP contribution in [0.4, 0.5) is 5.95 Å². The third-order valence-corrected chi connectivity index (χ3v) is 2.67. The molecule has 0 fully saturated rings. The van der Waals surface area contributed by atoms with Gasteiger partial charge in [-0.1, -0.05) is 0 Å². The van der Waals surface area contributed by atoms with E-state index < -0.39 is 17.6 Å². The van der Waals surface area contributed by atoms with Crippen LogP contribution in [0.25, 0.3) is 5.82 Å². The molecule has 2 aromatic heterocycles. The smallest absolute Gasteiger partial charge is 0.357 e. The Bertz CT molecular complexity index is 787. The molecule has 0 saturated carbocycles. The summed E-state index contributed by atoms with van der Waals surface area (Å²) in [5, 5.41) is 0.630. The van der Waals surface area contributed by atoms with Crippen molar-refractivity contribution >= 4 is 17.8 Å². The third-order valence-electron chi connectivity index (χ3n) is 2.67. The highest BCUT2D eigenvalue weighted by Gasteiger charge is 2.17. The number of methoxy groups -OCH3 is 1. The van der Waals surface area contributed by atoms with Crippen molar-refractivity contribution in [2.75, 3.05) is 12.1 Å². The van der Waals surface area contributed by atoms with E-state index in [9.17, 15) is 14.4 Å². The molecule has 0 saturated heterocycles. The molecule has 2 heterocycles. The van der Waals surface area contributed by atoms with Crippen LogP contribution in [0.1, 0.15) is 17.3 Å². The largest absolute Gasteiger partial charge is 0.465 e. The molecule has 0 aromatic carbocycles. The Hall–Kier alpha value is -3.14. The Morgan fingerprint density at radius 3 is 2.68 bits per heavy atom. The summed E-state index contributed by atoms with van der Waals surface area (Å²) >= 11 is 0. The summed E-state index contributed by atoms with van der Waals surface area (Å²) in [6, 6.07) is 2.96. The van der Waals surface area contributed by atoms with Gasteiger partial charge in [-0.25, -0.2) is 35.0 Å². The second-order valence-electron chi connectivity index (χ2n) is 4.06. The molecule has 0 atom stereocenters. The van der Waals surface area contributed by atoms with Crippen molar-refractivity contribution in [1.29, 1.82) is 0 Å². The van der Waals surface area contributed by atoms with Crippen LogP contribution < -0.4 is 16.5 Å². The predicted octanol–water partition coefficient (Wildman–Crippen LogP) is -0.964. The molecule has 0 unspecified atom stereocenters. The molecule has 2 rings (SSSR count). The summed E-state index contributed by atoms with van der Waals surface area (Å²) in [6.07, 6.45) is 2.47. The molecule has 1 amide bonds. The number of pyridine rings is 1. The van der Waals surface area contributed by atoms with E-state index >= 15 is 0 Å². The first kappa shape index (κ1) is 15.3. The minimum absolute atomic E-state index is 0.0114. The summed E-state index contributed by atoms with van der Waals surface area (Å²) in [7, 11) is 1.21. The zero-order valence-electron chi connectivity index (χ0n) is 11.8. The first-order valence-electron chi connectivity index (χ1n) is 6.00. The highest BCUT2D eigenvalue weighted by molar-refractivity contribution is 5.92. The number of hydrazine groups is 1. The van der Waals surface area contributed by atoms with Crippen molar-refractivity contribution in [3.8, 4) is 5.82 Å². The molecule has 0 aliphatic carbocycles. The van der Waals surface area contributed by atoms with E-state index in [2.05, 4.69) is 19.7 Å². The summed E-state index contributed by atoms with van der Waals surface area (Å²) in [4.78, 5) is 46.2. The fourth-order valence-corrected chi connectivity index (χ4v) is 1.59. The van der Waals surface area contributed by atoms with Gasteiger partial charge in [0.1, 0.15) is 11.9 Å². The number of nitrogens with two attached hydrogens (primary N) is 1. The SMILES string of the molecule is COC(=O)c1cccnc1-n1cnc(N(N)C(C)=O)nc1=O. The topological polar surface area (TPSA) is 133 Å². The van der Waals surface area contributed by atoms with Crippen LogP contribution >= 0.6 is 0 Å². The van der Waals surface area contributed by atoms with E-state index in [0.29, 0.717) is 5.01 Å². The molecule has 0 radical (unpaired) electrons. The molecule has 2 aromatic rings. The van der Waals surface area contributed by atoms with Crippen molar-refractivity contribution < 1.29 is 14.3 Å². The number of carbonyl (C=O) groups excluding carboxylic acids is 2. The van der Waals surface area contributed by atoms with E-state index in [4.69, 9.17) is 5.84 Å². The molecule has 0 bridgehead atoms. The van der Waals surface area contributed by atoms with E-state index in [1.54, 1.807) is 0 Å². The molecule has 10 nitrogen and oxygen atoms in total. The van der Waals surface area contributed by atoms with Gasteiger partial charge in [-0.2, -0.15) is 4.98 Å². The van der Waals surface area contributed by atoms with Gasteiger partial charge in [0, 0.05) is 13.1 Å². The first-order valence-corrected chi connectivity index (χ1v) is 6.00. The second kappa shape index (κ2) is 6.10. The van der Waals surface area contributed by atoms with Crippen LogP contribution in [0.3, 0.4) is 0 Å². The van der Waals surface area contributed by atoms with Crippen LogP contribution in [0.2, 0.25) is 0 Å². The molecule has 22 heavy (non-hydrogen) atoms. The number of esters is 1. The summed E-state index contributed by atoms with van der Waals surface area (Å²) in [5.41, 5.74) is -0.731. The van der Waals surface area contributed by atoms with Crippen molar-refractivity contribution in [2.45, 2.75) is 6.92 Å². The third kappa shape index (κ3) is 2.81. The minimum atomic E-state index is -0.800. The number of anilines is 1. The lowest BCUT2D eigenvalue weighted by molar-refractivity contribution is -0.116. The molecular weight excluding hydrogens is 292 g/mol. The number of hydrogen-bond acceptors (Lipinski definition) is 8. The Morgan fingerprint density at radius 2 is 2.09 bits per heavy atom. The van der Waals surface area contributed by atoms with Gasteiger partial charge in [-0.05, 0) is 12.1 Å². The van der Waals surface area contributed by atoms with Crippen LogP contribution in [-0.2, 0) is 9.53 Å². The lowest BCUT2D eigenvalue weighted by atomic mass is 10.2. The summed E-state index contributed by atoms with van der Waals surface area (Å²) < 4.78 is 5.57. The number of rotatable bonds is 3.